The van der Waals surface area contributed by atoms with Crippen LogP contribution in [0.5, 0.6) is 0 Å². The minimum absolute atomic E-state index is 0.00928. The first-order valence-electron chi connectivity index (χ1n) is 18.4. The maximum absolute atomic E-state index is 14.5. The number of ether oxygens (including phenoxy) is 2. The predicted molar refractivity (Wildman–Crippen MR) is 188 cm³/mol. The number of rotatable bonds is 11. The molecule has 0 spiro atoms. The van der Waals surface area contributed by atoms with E-state index in [2.05, 4.69) is 27.9 Å². The molecule has 2 aliphatic heterocycles. The smallest absolute Gasteiger partial charge is 0.408 e. The quantitative estimate of drug-likeness (QED) is 0.180. The zero-order chi connectivity index (χ0) is 39.2. The number of likely N-dealkylation sites (tertiary alicyclic amines) is 1. The number of halogens is 3. The van der Waals surface area contributed by atoms with E-state index in [0.717, 1.165) is 18.9 Å². The molecule has 7 atom stereocenters. The van der Waals surface area contributed by atoms with Gasteiger partial charge in [-0.1, -0.05) is 45.6 Å². The predicted octanol–water partition coefficient (Wildman–Crippen LogP) is 3.45. The Morgan fingerprint density at radius 3 is 2.41 bits per heavy atom. The number of carbonyl (C=O) groups excluding carboxylic acids is 3. The third-order valence-electron chi connectivity index (χ3n) is 10.8. The minimum atomic E-state index is -4.49. The summed E-state index contributed by atoms with van der Waals surface area (Å²) >= 11 is 0. The molecule has 3 amide bonds. The molecule has 0 aromatic carbocycles. The lowest BCUT2D eigenvalue weighted by molar-refractivity contribution is -0.171. The molecule has 18 heteroatoms. The number of nitrogens with one attached hydrogen (secondary N) is 3. The number of amides is 3. The van der Waals surface area contributed by atoms with Gasteiger partial charge in [0.2, 0.25) is 17.7 Å². The molecule has 14 nitrogen and oxygen atoms in total. The molecule has 0 aromatic heterocycles. The molecular formula is C36H48F3N5O9S. The Morgan fingerprint density at radius 1 is 1.09 bits per heavy atom. The van der Waals surface area contributed by atoms with Crippen LogP contribution in [0.4, 0.5) is 18.0 Å². The molecule has 0 bridgehead atoms. The summed E-state index contributed by atoms with van der Waals surface area (Å²) in [5.74, 6) is -4.10. The van der Waals surface area contributed by atoms with Crippen LogP contribution in [0.2, 0.25) is 0 Å². The molecule has 3 unspecified atom stereocenters. The van der Waals surface area contributed by atoms with E-state index in [1.165, 1.54) is 17.1 Å². The summed E-state index contributed by atoms with van der Waals surface area (Å²) in [5.41, 5.74) is 0.631. The van der Waals surface area contributed by atoms with Gasteiger partial charge in [0.15, 0.2) is 0 Å². The second-order valence-corrected chi connectivity index (χ2v) is 17.3. The van der Waals surface area contributed by atoms with Crippen molar-refractivity contribution in [3.63, 3.8) is 0 Å². The van der Waals surface area contributed by atoms with Crippen LogP contribution in [-0.2, 0) is 33.6 Å². The summed E-state index contributed by atoms with van der Waals surface area (Å²) in [6.07, 6.45) is -0.639. The van der Waals surface area contributed by atoms with E-state index in [9.17, 15) is 41.1 Å². The van der Waals surface area contributed by atoms with Gasteiger partial charge in [-0.3, -0.25) is 18.8 Å². The number of aliphatic hydroxyl groups is 1. The van der Waals surface area contributed by atoms with E-state index in [-0.39, 0.29) is 49.9 Å². The average molecular weight is 784 g/mol. The van der Waals surface area contributed by atoms with E-state index in [1.807, 2.05) is 4.72 Å². The van der Waals surface area contributed by atoms with Gasteiger partial charge in [0.05, 0.1) is 18.6 Å². The molecule has 0 aromatic rings. The largest absolute Gasteiger partial charge is 0.472 e. The Bertz CT molecular complexity index is 1760. The second-order valence-electron chi connectivity index (χ2n) is 16.0. The van der Waals surface area contributed by atoms with Gasteiger partial charge in [-0.25, -0.2) is 4.79 Å². The number of aliphatic hydroxyl groups excluding tert-OH is 1. The number of alkyl carbamates (subject to hydrolysis) is 1. The Labute approximate surface area is 312 Å². The van der Waals surface area contributed by atoms with Crippen molar-refractivity contribution in [2.45, 2.75) is 127 Å². The number of hydrogen-bond acceptors (Lipinski definition) is 10. The molecule has 4 N–H and O–H groups in total. The average Bonchev–Trinajstić information content (AvgIpc) is 3.91. The molecule has 6 aliphatic rings. The molecule has 2 heterocycles. The normalized spacial score (nSPS) is 29.7. The fourth-order valence-electron chi connectivity index (χ4n) is 7.61. The van der Waals surface area contributed by atoms with E-state index >= 15 is 0 Å². The third kappa shape index (κ3) is 8.88. The van der Waals surface area contributed by atoms with Crippen molar-refractivity contribution >= 4 is 34.1 Å². The summed E-state index contributed by atoms with van der Waals surface area (Å²) in [6, 6.07) is -2.48. The van der Waals surface area contributed by atoms with Crippen molar-refractivity contribution in [1.29, 1.82) is 0 Å². The number of allylic oxidation sites excluding steroid dienone is 3. The topological polar surface area (TPSA) is 185 Å². The zero-order valence-corrected chi connectivity index (χ0v) is 31.3. The van der Waals surface area contributed by atoms with Gasteiger partial charge in [0, 0.05) is 36.5 Å². The number of aliphatic imine (C=N–C) groups is 1. The minimum Gasteiger partial charge on any atom is -0.472 e. The lowest BCUT2D eigenvalue weighted by Gasteiger charge is -2.36. The van der Waals surface area contributed by atoms with Crippen LogP contribution in [0.1, 0.15) is 78.6 Å². The highest BCUT2D eigenvalue weighted by Crippen LogP contribution is 2.46. The summed E-state index contributed by atoms with van der Waals surface area (Å²) < 4.78 is 85.8. The number of fused-ring (bicyclic) bond motifs is 1. The molecule has 4 aliphatic carbocycles. The highest BCUT2D eigenvalue weighted by molar-refractivity contribution is 7.84. The number of hydrogen-bond donors (Lipinski definition) is 4. The van der Waals surface area contributed by atoms with E-state index < -0.39 is 87.7 Å². The first-order valence-corrected chi connectivity index (χ1v) is 19.8. The van der Waals surface area contributed by atoms with Crippen LogP contribution in [0.15, 0.2) is 46.7 Å². The van der Waals surface area contributed by atoms with Crippen molar-refractivity contribution in [3.05, 3.63) is 41.7 Å². The monoisotopic (exact) mass is 783 g/mol. The molecular weight excluding hydrogens is 735 g/mol. The van der Waals surface area contributed by atoms with Crippen LogP contribution >= 0.6 is 0 Å². The van der Waals surface area contributed by atoms with Gasteiger partial charge >= 0.3 is 22.6 Å². The van der Waals surface area contributed by atoms with Crippen LogP contribution in [0.25, 0.3) is 0 Å². The van der Waals surface area contributed by atoms with Crippen LogP contribution < -0.4 is 15.4 Å². The summed E-state index contributed by atoms with van der Waals surface area (Å²) in [5, 5.41) is 16.5. The van der Waals surface area contributed by atoms with Crippen molar-refractivity contribution in [1.82, 2.24) is 20.3 Å². The molecule has 4 fully saturated rings. The maximum Gasteiger partial charge on any atom is 0.408 e. The van der Waals surface area contributed by atoms with Gasteiger partial charge < -0.3 is 30.1 Å². The molecule has 3 saturated carbocycles. The summed E-state index contributed by atoms with van der Waals surface area (Å²) in [4.78, 5) is 47.4. The number of carbonyl (C=O) groups is 3. The lowest BCUT2D eigenvalue weighted by atomic mass is 9.78. The Kier molecular flexibility index (Phi) is 11.2. The summed E-state index contributed by atoms with van der Waals surface area (Å²) in [6.45, 7) is 8.64. The molecule has 6 rings (SSSR count). The van der Waals surface area contributed by atoms with Crippen molar-refractivity contribution in [3.8, 4) is 0 Å². The molecule has 1 saturated heterocycles. The number of alkyl halides is 3. The SMILES string of the molecule is C=C=C1C[C@]1(NC(=O)[C@@H]1C[C@@H](OC2=NCCC3C2=CC=CC3C(F)(F)F)CN1C(=O)[C@@H](NC(=O)OC1CCCC1)C(C)(C)C)C(O)NS(=O)(=O)OC1CC1. The van der Waals surface area contributed by atoms with Gasteiger partial charge in [-0.15, -0.1) is 5.73 Å². The highest BCUT2D eigenvalue weighted by atomic mass is 32.2. The molecule has 298 valence electrons. The van der Waals surface area contributed by atoms with Gasteiger partial charge in [-0.2, -0.15) is 26.3 Å². The van der Waals surface area contributed by atoms with E-state index in [0.29, 0.717) is 31.3 Å². The third-order valence-corrected chi connectivity index (χ3v) is 11.8. The molecule has 0 radical (unpaired) electrons. The van der Waals surface area contributed by atoms with E-state index in [4.69, 9.17) is 13.7 Å². The van der Waals surface area contributed by atoms with Crippen molar-refractivity contribution in [2.75, 3.05) is 13.1 Å². The van der Waals surface area contributed by atoms with Crippen LogP contribution in [0, 0.1) is 17.3 Å². The van der Waals surface area contributed by atoms with Gasteiger partial charge in [0.25, 0.3) is 0 Å². The second kappa shape index (κ2) is 15.1. The Balaban J connectivity index is 1.25. The van der Waals surface area contributed by atoms with Crippen LogP contribution in [-0.4, -0.2) is 104 Å². The van der Waals surface area contributed by atoms with Crippen LogP contribution in [0.3, 0.4) is 0 Å². The van der Waals surface area contributed by atoms with Gasteiger partial charge in [0.1, 0.15) is 36.1 Å². The zero-order valence-electron chi connectivity index (χ0n) is 30.5. The van der Waals surface area contributed by atoms with E-state index in [1.54, 1.807) is 20.8 Å². The van der Waals surface area contributed by atoms with Crippen molar-refractivity contribution in [2.24, 2.45) is 22.2 Å². The fraction of sp³-hybridized carbons (Fsp3) is 0.694. The highest BCUT2D eigenvalue weighted by Gasteiger charge is 2.59. The Morgan fingerprint density at radius 2 is 1.80 bits per heavy atom. The maximum atomic E-state index is 14.5. The first-order chi connectivity index (χ1) is 25.3. The fourth-order valence-corrected chi connectivity index (χ4v) is 8.69. The number of nitrogens with zero attached hydrogens (tertiary/aromatic N) is 2. The Hall–Kier alpha value is -3.70. The molecule has 54 heavy (non-hydrogen) atoms. The first kappa shape index (κ1) is 40.0. The van der Waals surface area contributed by atoms with Gasteiger partial charge in [-0.05, 0) is 50.4 Å². The lowest BCUT2D eigenvalue weighted by Crippen LogP contribution is -2.60. The van der Waals surface area contributed by atoms with Crippen molar-refractivity contribution < 1.29 is 54.7 Å². The summed E-state index contributed by atoms with van der Waals surface area (Å²) in [7, 11) is -4.41. The standard InChI is InChI=1S/C36H48F3N5O9S/c1-5-20-18-35(20,32(47)43-54(49,50)53-22-13-14-22)42-29(45)27-17-23(51-30-25-11-8-12-26(36(37,38)39)24(25)15-16-40-30)19-44(27)31(46)28(34(2,3)4)41-33(48)52-21-9-6-7-10-21/h8,11-12,21-24,26-28,32,43,47H,1,6-7,9-10,13-19H2,2-4H3,(H,41,48)(H,42,45)/t23-,24?,26?,27+,28-,32?,35-/m1/s1.